The van der Waals surface area contributed by atoms with Crippen LogP contribution in [0.1, 0.15) is 10.4 Å². The zero-order chi connectivity index (χ0) is 14.6. The second-order valence-electron chi connectivity index (χ2n) is 4.01. The fourth-order valence-corrected chi connectivity index (χ4v) is 4.28. The predicted octanol–water partition coefficient (Wildman–Crippen LogP) is 2.19. The van der Waals surface area contributed by atoms with Crippen LogP contribution < -0.4 is 14.2 Å². The van der Waals surface area contributed by atoms with Gasteiger partial charge in [0.25, 0.3) is 0 Å². The van der Waals surface area contributed by atoms with Gasteiger partial charge in [0.1, 0.15) is 27.1 Å². The second kappa shape index (κ2) is 6.47. The van der Waals surface area contributed by atoms with E-state index in [4.69, 9.17) is 14.2 Å². The Balaban J connectivity index is 3.31. The number of methoxy groups -OCH3 is 3. The molecule has 0 radical (unpaired) electrons. The van der Waals surface area contributed by atoms with E-state index < -0.39 is 14.7 Å². The molecule has 0 spiro atoms. The van der Waals surface area contributed by atoms with Crippen LogP contribution in [0.15, 0.2) is 12.1 Å². The van der Waals surface area contributed by atoms with Crippen molar-refractivity contribution >= 4 is 25.8 Å². The highest BCUT2D eigenvalue weighted by Crippen LogP contribution is 2.42. The topological polar surface area (TPSA) is 61.8 Å². The van der Waals surface area contributed by atoms with Gasteiger partial charge in [-0.3, -0.25) is 0 Å². The molecule has 0 aliphatic heterocycles. The molecule has 0 aliphatic rings. The first-order chi connectivity index (χ1) is 8.82. The molecule has 1 aromatic rings. The number of rotatable bonds is 6. The molecule has 0 amide bonds. The molecule has 1 rings (SSSR count). The van der Waals surface area contributed by atoms with Gasteiger partial charge in [-0.25, -0.2) is 8.42 Å². The van der Waals surface area contributed by atoms with Crippen LogP contribution in [0.5, 0.6) is 17.2 Å². The summed E-state index contributed by atoms with van der Waals surface area (Å²) in [5.74, 6) is 1.56. The van der Waals surface area contributed by atoms with Crippen LogP contribution in [0.2, 0.25) is 0 Å². The average Bonchev–Trinajstić information content (AvgIpc) is 2.34. The number of sulfone groups is 1. The molecule has 0 N–H and O–H groups in total. The van der Waals surface area contributed by atoms with Crippen LogP contribution in [0.4, 0.5) is 0 Å². The molecule has 0 saturated carbocycles. The van der Waals surface area contributed by atoms with E-state index in [1.165, 1.54) is 27.6 Å². The van der Waals surface area contributed by atoms with Gasteiger partial charge in [-0.15, -0.1) is 0 Å². The van der Waals surface area contributed by atoms with Crippen molar-refractivity contribution in [1.29, 1.82) is 0 Å². The SMILES string of the molecule is COc1cc(OC)c(C(Br)CS(C)(=O)=O)c(OC)c1. The molecular formula is C12H17BrO5S. The Hall–Kier alpha value is -0.950. The van der Waals surface area contributed by atoms with Crippen molar-refractivity contribution in [2.75, 3.05) is 33.3 Å². The molecule has 0 aliphatic carbocycles. The summed E-state index contributed by atoms with van der Waals surface area (Å²) in [6.07, 6.45) is 1.18. The molecule has 0 fully saturated rings. The Labute approximate surface area is 121 Å². The van der Waals surface area contributed by atoms with E-state index in [0.717, 1.165) is 0 Å². The Morgan fingerprint density at radius 2 is 1.58 bits per heavy atom. The minimum Gasteiger partial charge on any atom is -0.496 e. The van der Waals surface area contributed by atoms with Crippen LogP contribution in [0.25, 0.3) is 0 Å². The quantitative estimate of drug-likeness (QED) is 0.734. The van der Waals surface area contributed by atoms with Crippen molar-refractivity contribution in [2.45, 2.75) is 4.83 Å². The summed E-state index contributed by atoms with van der Waals surface area (Å²) in [5, 5.41) is 0. The summed E-state index contributed by atoms with van der Waals surface area (Å²) in [6.45, 7) is 0. The summed E-state index contributed by atoms with van der Waals surface area (Å²) in [6, 6.07) is 3.38. The average molecular weight is 353 g/mol. The second-order valence-corrected chi connectivity index (χ2v) is 7.30. The maximum absolute atomic E-state index is 11.4. The van der Waals surface area contributed by atoms with Crippen molar-refractivity contribution < 1.29 is 22.6 Å². The highest BCUT2D eigenvalue weighted by Gasteiger charge is 2.23. The number of halogens is 1. The van der Waals surface area contributed by atoms with Crippen LogP contribution >= 0.6 is 15.9 Å². The van der Waals surface area contributed by atoms with E-state index in [1.807, 2.05) is 0 Å². The van der Waals surface area contributed by atoms with Gasteiger partial charge in [-0.2, -0.15) is 0 Å². The molecule has 0 saturated heterocycles. The van der Waals surface area contributed by atoms with E-state index in [-0.39, 0.29) is 5.75 Å². The van der Waals surface area contributed by atoms with E-state index in [1.54, 1.807) is 12.1 Å². The number of benzene rings is 1. The van der Waals surface area contributed by atoms with Crippen LogP contribution in [-0.2, 0) is 9.84 Å². The summed E-state index contributed by atoms with van der Waals surface area (Å²) < 4.78 is 38.5. The minimum atomic E-state index is -3.13. The maximum Gasteiger partial charge on any atom is 0.148 e. The lowest BCUT2D eigenvalue weighted by Gasteiger charge is -2.18. The Bertz CT molecular complexity index is 516. The lowest BCUT2D eigenvalue weighted by Crippen LogP contribution is -2.10. The van der Waals surface area contributed by atoms with Crippen molar-refractivity contribution in [2.24, 2.45) is 0 Å². The fraction of sp³-hybridized carbons (Fsp3) is 0.500. The third-order valence-electron chi connectivity index (χ3n) is 2.52. The number of hydrogen-bond donors (Lipinski definition) is 0. The lowest BCUT2D eigenvalue weighted by atomic mass is 10.1. The Morgan fingerprint density at radius 1 is 1.11 bits per heavy atom. The predicted molar refractivity (Wildman–Crippen MR) is 77.5 cm³/mol. The van der Waals surface area contributed by atoms with Crippen LogP contribution in [-0.4, -0.2) is 41.8 Å². The zero-order valence-corrected chi connectivity index (χ0v) is 13.7. The van der Waals surface area contributed by atoms with Crippen molar-refractivity contribution in [1.82, 2.24) is 0 Å². The molecule has 108 valence electrons. The van der Waals surface area contributed by atoms with Gasteiger partial charge in [-0.1, -0.05) is 15.9 Å². The molecule has 0 bridgehead atoms. The van der Waals surface area contributed by atoms with Crippen molar-refractivity contribution in [3.8, 4) is 17.2 Å². The van der Waals surface area contributed by atoms with E-state index in [9.17, 15) is 8.42 Å². The van der Waals surface area contributed by atoms with Crippen LogP contribution in [0, 0.1) is 0 Å². The third kappa shape index (κ3) is 4.28. The first-order valence-electron chi connectivity index (χ1n) is 5.44. The Kier molecular flexibility index (Phi) is 5.49. The maximum atomic E-state index is 11.4. The smallest absolute Gasteiger partial charge is 0.148 e. The largest absolute Gasteiger partial charge is 0.496 e. The van der Waals surface area contributed by atoms with Gasteiger partial charge in [0.2, 0.25) is 0 Å². The summed E-state index contributed by atoms with van der Waals surface area (Å²) >= 11 is 3.37. The van der Waals surface area contributed by atoms with Crippen molar-refractivity contribution in [3.05, 3.63) is 17.7 Å². The van der Waals surface area contributed by atoms with E-state index >= 15 is 0 Å². The standard InChI is InChI=1S/C12H17BrO5S/c1-16-8-5-10(17-2)12(11(6-8)18-3)9(13)7-19(4,14)15/h5-6,9H,7H2,1-4H3. The van der Waals surface area contributed by atoms with Gasteiger partial charge in [0.05, 0.1) is 37.5 Å². The molecule has 7 heteroatoms. The molecular weight excluding hydrogens is 336 g/mol. The van der Waals surface area contributed by atoms with Gasteiger partial charge < -0.3 is 14.2 Å². The first-order valence-corrected chi connectivity index (χ1v) is 8.41. The highest BCUT2D eigenvalue weighted by molar-refractivity contribution is 9.09. The molecule has 1 atom stereocenters. The van der Waals surface area contributed by atoms with Crippen LogP contribution in [0.3, 0.4) is 0 Å². The number of ether oxygens (including phenoxy) is 3. The fourth-order valence-electron chi connectivity index (χ4n) is 1.69. The van der Waals surface area contributed by atoms with Gasteiger partial charge >= 0.3 is 0 Å². The third-order valence-corrected chi connectivity index (χ3v) is 4.66. The molecule has 1 unspecified atom stereocenters. The zero-order valence-electron chi connectivity index (χ0n) is 11.3. The number of hydrogen-bond acceptors (Lipinski definition) is 5. The number of alkyl halides is 1. The van der Waals surface area contributed by atoms with Gasteiger partial charge in [0.15, 0.2) is 0 Å². The molecule has 19 heavy (non-hydrogen) atoms. The van der Waals surface area contributed by atoms with Gasteiger partial charge in [0, 0.05) is 18.4 Å². The molecule has 5 nitrogen and oxygen atoms in total. The summed E-state index contributed by atoms with van der Waals surface area (Å²) in [5.41, 5.74) is 0.649. The summed E-state index contributed by atoms with van der Waals surface area (Å²) in [4.78, 5) is -0.418. The van der Waals surface area contributed by atoms with E-state index in [0.29, 0.717) is 22.8 Å². The molecule has 0 heterocycles. The Morgan fingerprint density at radius 3 is 1.89 bits per heavy atom. The van der Waals surface area contributed by atoms with E-state index in [2.05, 4.69) is 15.9 Å². The highest BCUT2D eigenvalue weighted by atomic mass is 79.9. The molecule has 0 aromatic heterocycles. The normalized spacial score (nSPS) is 12.9. The lowest BCUT2D eigenvalue weighted by molar-refractivity contribution is 0.369. The minimum absolute atomic E-state index is 0.0496. The van der Waals surface area contributed by atoms with Crippen molar-refractivity contribution in [3.63, 3.8) is 0 Å². The summed E-state index contributed by atoms with van der Waals surface area (Å²) in [7, 11) is 1.43. The molecule has 1 aromatic carbocycles. The first kappa shape index (κ1) is 16.1. The monoisotopic (exact) mass is 352 g/mol. The van der Waals surface area contributed by atoms with Gasteiger partial charge in [-0.05, 0) is 0 Å².